The Hall–Kier alpha value is -4.46. The van der Waals surface area contributed by atoms with Crippen LogP contribution in [0, 0.1) is 24.7 Å². The van der Waals surface area contributed by atoms with Gasteiger partial charge in [0.1, 0.15) is 0 Å². The summed E-state index contributed by atoms with van der Waals surface area (Å²) in [5.74, 6) is 3.48. The number of nitrogens with zero attached hydrogens (tertiary/aromatic N) is 9. The molecule has 0 unspecified atom stereocenters. The van der Waals surface area contributed by atoms with Crippen molar-refractivity contribution >= 4 is 11.9 Å². The molecule has 3 rings (SSSR count). The van der Waals surface area contributed by atoms with Gasteiger partial charge in [-0.3, -0.25) is 39.1 Å². The van der Waals surface area contributed by atoms with Crippen molar-refractivity contribution in [3.63, 3.8) is 0 Å². The van der Waals surface area contributed by atoms with E-state index in [1.165, 1.54) is 0 Å². The minimum absolute atomic E-state index is 0.0921. The van der Waals surface area contributed by atoms with Crippen molar-refractivity contribution in [2.45, 2.75) is 13.1 Å². The highest BCUT2D eigenvalue weighted by atomic mass is 16.4. The first-order valence-electron chi connectivity index (χ1n) is 15.3. The smallest absolute Gasteiger partial charge is 0.317 e. The highest BCUT2D eigenvalue weighted by Crippen LogP contribution is 2.22. The van der Waals surface area contributed by atoms with Crippen LogP contribution in [0.4, 0.5) is 0 Å². The van der Waals surface area contributed by atoms with Crippen LogP contribution in [-0.2, 0) is 22.7 Å². The zero-order chi connectivity index (χ0) is 33.1. The lowest BCUT2D eigenvalue weighted by molar-refractivity contribution is -0.139. The van der Waals surface area contributed by atoms with Crippen molar-refractivity contribution in [2.24, 2.45) is 5.11 Å². The number of pyridine rings is 1. The zero-order valence-corrected chi connectivity index (χ0v) is 26.2. The van der Waals surface area contributed by atoms with E-state index in [4.69, 9.17) is 23.4 Å². The SMILES string of the molecule is C#CCN(CC#C)CCN1CCN(CC(=O)O)CCN(Cc2cc(-c3ccccc3)cc(CN=[N+]=[N-])n2)CCN(CC(=O)O)CC1. The van der Waals surface area contributed by atoms with Crippen LogP contribution in [0.25, 0.3) is 21.6 Å². The van der Waals surface area contributed by atoms with E-state index in [0.29, 0.717) is 90.8 Å². The van der Waals surface area contributed by atoms with E-state index in [2.05, 4.69) is 31.7 Å². The Bertz CT molecular complexity index is 1350. The van der Waals surface area contributed by atoms with E-state index in [9.17, 15) is 19.8 Å². The van der Waals surface area contributed by atoms with E-state index in [-0.39, 0.29) is 19.6 Å². The lowest BCUT2D eigenvalue weighted by atomic mass is 10.0. The first-order chi connectivity index (χ1) is 22.3. The van der Waals surface area contributed by atoms with E-state index in [1.54, 1.807) is 0 Å². The molecule has 1 aliphatic heterocycles. The maximum Gasteiger partial charge on any atom is 0.317 e. The molecule has 2 N–H and O–H groups in total. The number of carboxylic acids is 2. The summed E-state index contributed by atoms with van der Waals surface area (Å²) in [6.07, 6.45) is 11.0. The second kappa shape index (κ2) is 19.8. The van der Waals surface area contributed by atoms with Crippen LogP contribution in [0.2, 0.25) is 0 Å². The van der Waals surface area contributed by atoms with Gasteiger partial charge in [0.05, 0.1) is 38.4 Å². The Kier molecular flexibility index (Phi) is 15.5. The summed E-state index contributed by atoms with van der Waals surface area (Å²) in [7, 11) is 0. The normalized spacial score (nSPS) is 16.0. The minimum atomic E-state index is -0.896. The number of aliphatic carboxylic acids is 2. The highest BCUT2D eigenvalue weighted by molar-refractivity contribution is 5.69. The van der Waals surface area contributed by atoms with Gasteiger partial charge in [-0.1, -0.05) is 47.3 Å². The monoisotopic (exact) mass is 629 g/mol. The summed E-state index contributed by atoms with van der Waals surface area (Å²) in [4.78, 5) is 41.5. The molecule has 1 fully saturated rings. The Balaban J connectivity index is 1.83. The van der Waals surface area contributed by atoms with Crippen LogP contribution in [-0.4, -0.2) is 143 Å². The molecule has 0 aliphatic carbocycles. The number of rotatable bonds is 14. The van der Waals surface area contributed by atoms with E-state index in [0.717, 1.165) is 16.8 Å². The van der Waals surface area contributed by atoms with Crippen LogP contribution >= 0.6 is 0 Å². The van der Waals surface area contributed by atoms with Crippen molar-refractivity contribution in [1.82, 2.24) is 29.5 Å². The third kappa shape index (κ3) is 13.3. The third-order valence-corrected chi connectivity index (χ3v) is 7.73. The first kappa shape index (κ1) is 36.0. The molecule has 1 aromatic carbocycles. The number of carboxylic acid groups (broad SMARTS) is 2. The summed E-state index contributed by atoms with van der Waals surface area (Å²) in [5.41, 5.74) is 12.3. The molecule has 0 atom stereocenters. The predicted molar refractivity (Wildman–Crippen MR) is 176 cm³/mol. The minimum Gasteiger partial charge on any atom is -0.480 e. The summed E-state index contributed by atoms with van der Waals surface area (Å²) in [6, 6.07) is 13.8. The fourth-order valence-electron chi connectivity index (χ4n) is 5.36. The number of azide groups is 1. The molecule has 2 heterocycles. The standard InChI is InChI=1S/C33H43N9O4/c1-3-10-38(11-4-2)12-13-39-14-16-41(26-32(43)44)20-18-40(19-21-42(17-15-39)27-33(45)46)25-31-23-29(28-8-6-5-7-9-28)22-30(36-31)24-35-37-34/h1-2,5-9,22-23H,10-21,24-27H2,(H,43,44)(H,45,46). The molecule has 46 heavy (non-hydrogen) atoms. The Morgan fingerprint density at radius 3 is 1.87 bits per heavy atom. The van der Waals surface area contributed by atoms with Gasteiger partial charge in [0, 0.05) is 82.6 Å². The molecular formula is C33H43N9O4. The Labute approximate surface area is 271 Å². The molecule has 13 nitrogen and oxygen atoms in total. The summed E-state index contributed by atoms with van der Waals surface area (Å²) >= 11 is 0. The maximum atomic E-state index is 11.8. The maximum absolute atomic E-state index is 11.8. The molecule has 0 bridgehead atoms. The van der Waals surface area contributed by atoms with Crippen molar-refractivity contribution in [1.29, 1.82) is 0 Å². The van der Waals surface area contributed by atoms with Gasteiger partial charge in [-0.15, -0.1) is 12.8 Å². The molecule has 0 saturated carbocycles. The van der Waals surface area contributed by atoms with Crippen LogP contribution < -0.4 is 0 Å². The number of aromatic nitrogens is 1. The van der Waals surface area contributed by atoms with Crippen LogP contribution in [0.1, 0.15) is 11.4 Å². The van der Waals surface area contributed by atoms with Gasteiger partial charge in [0.15, 0.2) is 0 Å². The van der Waals surface area contributed by atoms with E-state index < -0.39 is 11.9 Å². The van der Waals surface area contributed by atoms with Crippen molar-refractivity contribution < 1.29 is 19.8 Å². The van der Waals surface area contributed by atoms with Gasteiger partial charge in [-0.25, -0.2) is 0 Å². The Morgan fingerprint density at radius 2 is 1.35 bits per heavy atom. The van der Waals surface area contributed by atoms with Crippen LogP contribution in [0.5, 0.6) is 0 Å². The highest BCUT2D eigenvalue weighted by Gasteiger charge is 2.20. The van der Waals surface area contributed by atoms with Gasteiger partial charge in [0.2, 0.25) is 0 Å². The number of benzene rings is 1. The van der Waals surface area contributed by atoms with Crippen molar-refractivity contribution in [3.05, 3.63) is 64.3 Å². The summed E-state index contributed by atoms with van der Waals surface area (Å²) in [5, 5.41) is 23.0. The van der Waals surface area contributed by atoms with Crippen LogP contribution in [0.15, 0.2) is 47.6 Å². The quantitative estimate of drug-likeness (QED) is 0.137. The fraction of sp³-hybridized carbons (Fsp3) is 0.485. The zero-order valence-electron chi connectivity index (χ0n) is 26.2. The van der Waals surface area contributed by atoms with Crippen molar-refractivity contribution in [3.8, 4) is 35.8 Å². The lowest BCUT2D eigenvalue weighted by Gasteiger charge is -2.34. The lowest BCUT2D eigenvalue weighted by Crippen LogP contribution is -2.48. The molecule has 0 radical (unpaired) electrons. The summed E-state index contributed by atoms with van der Waals surface area (Å²) < 4.78 is 0. The summed E-state index contributed by atoms with van der Waals surface area (Å²) in [6.45, 7) is 6.95. The van der Waals surface area contributed by atoms with Gasteiger partial charge in [-0.05, 0) is 28.8 Å². The topological polar surface area (TPSA) is 152 Å². The number of carbonyl (C=O) groups is 2. The average molecular weight is 630 g/mol. The molecule has 244 valence electrons. The third-order valence-electron chi connectivity index (χ3n) is 7.73. The molecule has 0 spiro atoms. The molecule has 0 amide bonds. The number of terminal acetylenes is 2. The first-order valence-corrected chi connectivity index (χ1v) is 15.3. The molecule has 2 aromatic rings. The molecule has 13 heteroatoms. The average Bonchev–Trinajstić information content (AvgIpc) is 3.03. The second-order valence-electron chi connectivity index (χ2n) is 11.2. The predicted octanol–water partition coefficient (Wildman–Crippen LogP) is 2.02. The largest absolute Gasteiger partial charge is 0.480 e. The van der Waals surface area contributed by atoms with Crippen LogP contribution in [0.3, 0.4) is 0 Å². The Morgan fingerprint density at radius 1 is 0.826 bits per heavy atom. The van der Waals surface area contributed by atoms with E-state index >= 15 is 0 Å². The van der Waals surface area contributed by atoms with Crippen molar-refractivity contribution in [2.75, 3.05) is 91.6 Å². The molecule has 1 saturated heterocycles. The molecule has 1 aromatic heterocycles. The number of hydrogen-bond acceptors (Lipinski definition) is 9. The van der Waals surface area contributed by atoms with Gasteiger partial charge in [0.25, 0.3) is 0 Å². The van der Waals surface area contributed by atoms with Gasteiger partial charge < -0.3 is 10.2 Å². The second-order valence-corrected chi connectivity index (χ2v) is 11.2. The fourth-order valence-corrected chi connectivity index (χ4v) is 5.36. The van der Waals surface area contributed by atoms with Gasteiger partial charge >= 0.3 is 11.9 Å². The number of hydrogen-bond donors (Lipinski definition) is 2. The van der Waals surface area contributed by atoms with E-state index in [1.807, 2.05) is 57.2 Å². The molecular weight excluding hydrogens is 586 g/mol. The molecule has 1 aliphatic rings. The van der Waals surface area contributed by atoms with Gasteiger partial charge in [-0.2, -0.15) is 0 Å².